The highest BCUT2D eigenvalue weighted by Gasteiger charge is 2.12. The van der Waals surface area contributed by atoms with Crippen molar-refractivity contribution in [2.45, 2.75) is 13.1 Å². The van der Waals surface area contributed by atoms with Gasteiger partial charge in [-0.15, -0.1) is 0 Å². The zero-order valence-electron chi connectivity index (χ0n) is 10.3. The molecule has 2 rings (SSSR count). The first-order chi connectivity index (χ1) is 8.72. The minimum Gasteiger partial charge on any atom is -0.368 e. The van der Waals surface area contributed by atoms with Gasteiger partial charge in [-0.05, 0) is 23.3 Å². The van der Waals surface area contributed by atoms with Gasteiger partial charge >= 0.3 is 0 Å². The van der Waals surface area contributed by atoms with Crippen LogP contribution in [0.1, 0.15) is 11.1 Å². The zero-order chi connectivity index (χ0) is 13.0. The smallest absolute Gasteiger partial charge is 0.146 e. The Morgan fingerprint density at radius 3 is 2.78 bits per heavy atom. The Hall–Kier alpha value is -1.94. The highest BCUT2D eigenvalue weighted by molar-refractivity contribution is 5.54. The van der Waals surface area contributed by atoms with Crippen molar-refractivity contribution in [2.75, 3.05) is 11.9 Å². The molecule has 94 valence electrons. The Kier molecular flexibility index (Phi) is 3.89. The molecule has 0 saturated carbocycles. The third-order valence-electron chi connectivity index (χ3n) is 2.81. The van der Waals surface area contributed by atoms with Crippen LogP contribution in [-0.4, -0.2) is 12.0 Å². The summed E-state index contributed by atoms with van der Waals surface area (Å²) < 4.78 is 13.9. The van der Waals surface area contributed by atoms with Gasteiger partial charge in [-0.25, -0.2) is 4.39 Å². The van der Waals surface area contributed by atoms with E-state index in [1.807, 2.05) is 30.1 Å². The second-order valence-electron chi connectivity index (χ2n) is 4.17. The van der Waals surface area contributed by atoms with Gasteiger partial charge in [-0.3, -0.25) is 4.98 Å². The molecular weight excluding hydrogens is 229 g/mol. The number of hydrogen-bond acceptors (Lipinski definition) is 3. The van der Waals surface area contributed by atoms with E-state index in [4.69, 9.17) is 5.73 Å². The normalized spacial score (nSPS) is 10.4. The van der Waals surface area contributed by atoms with Crippen LogP contribution in [0.3, 0.4) is 0 Å². The van der Waals surface area contributed by atoms with E-state index < -0.39 is 0 Å². The van der Waals surface area contributed by atoms with E-state index in [1.165, 1.54) is 6.07 Å². The maximum Gasteiger partial charge on any atom is 0.146 e. The van der Waals surface area contributed by atoms with Crippen LogP contribution < -0.4 is 10.6 Å². The monoisotopic (exact) mass is 245 g/mol. The SMILES string of the molecule is CN(Cc1cccnc1)c1c(F)cccc1CN. The van der Waals surface area contributed by atoms with Crippen LogP contribution in [0.5, 0.6) is 0 Å². The van der Waals surface area contributed by atoms with Gasteiger partial charge in [0.2, 0.25) is 0 Å². The lowest BCUT2D eigenvalue weighted by atomic mass is 10.1. The van der Waals surface area contributed by atoms with Gasteiger partial charge in [-0.1, -0.05) is 18.2 Å². The Balaban J connectivity index is 2.26. The molecule has 0 unspecified atom stereocenters. The van der Waals surface area contributed by atoms with Crippen LogP contribution in [0.4, 0.5) is 10.1 Å². The number of halogens is 1. The Morgan fingerprint density at radius 2 is 2.11 bits per heavy atom. The summed E-state index contributed by atoms with van der Waals surface area (Å²) in [6.07, 6.45) is 3.50. The zero-order valence-corrected chi connectivity index (χ0v) is 10.3. The highest BCUT2D eigenvalue weighted by atomic mass is 19.1. The maximum atomic E-state index is 13.9. The van der Waals surface area contributed by atoms with Gasteiger partial charge in [0, 0.05) is 32.5 Å². The van der Waals surface area contributed by atoms with Crippen molar-refractivity contribution >= 4 is 5.69 Å². The lowest BCUT2D eigenvalue weighted by molar-refractivity contribution is 0.619. The Labute approximate surface area is 106 Å². The van der Waals surface area contributed by atoms with Crippen molar-refractivity contribution in [3.8, 4) is 0 Å². The number of para-hydroxylation sites is 1. The van der Waals surface area contributed by atoms with E-state index in [2.05, 4.69) is 4.98 Å². The van der Waals surface area contributed by atoms with Crippen molar-refractivity contribution < 1.29 is 4.39 Å². The van der Waals surface area contributed by atoms with Crippen LogP contribution in [-0.2, 0) is 13.1 Å². The third kappa shape index (κ3) is 2.65. The Bertz CT molecular complexity index is 514. The molecule has 1 heterocycles. The molecule has 0 saturated heterocycles. The fourth-order valence-electron chi connectivity index (χ4n) is 2.00. The highest BCUT2D eigenvalue weighted by Crippen LogP contribution is 2.24. The van der Waals surface area contributed by atoms with Gasteiger partial charge in [0.25, 0.3) is 0 Å². The van der Waals surface area contributed by atoms with Crippen LogP contribution >= 0.6 is 0 Å². The van der Waals surface area contributed by atoms with Crippen molar-refractivity contribution in [3.63, 3.8) is 0 Å². The summed E-state index contributed by atoms with van der Waals surface area (Å²) in [5.74, 6) is -0.246. The topological polar surface area (TPSA) is 42.2 Å². The summed E-state index contributed by atoms with van der Waals surface area (Å²) in [4.78, 5) is 5.91. The predicted octanol–water partition coefficient (Wildman–Crippen LogP) is 2.32. The van der Waals surface area contributed by atoms with Gasteiger partial charge in [-0.2, -0.15) is 0 Å². The molecule has 0 aliphatic rings. The molecule has 0 fully saturated rings. The molecule has 2 N–H and O–H groups in total. The average molecular weight is 245 g/mol. The number of pyridine rings is 1. The molecule has 0 bridgehead atoms. The number of aromatic nitrogens is 1. The molecular formula is C14H16FN3. The lowest BCUT2D eigenvalue weighted by Gasteiger charge is -2.22. The van der Waals surface area contributed by atoms with E-state index in [-0.39, 0.29) is 5.82 Å². The fourth-order valence-corrected chi connectivity index (χ4v) is 2.00. The molecule has 2 aromatic rings. The number of hydrogen-bond donors (Lipinski definition) is 1. The van der Waals surface area contributed by atoms with Crippen molar-refractivity contribution in [3.05, 3.63) is 59.7 Å². The molecule has 1 aromatic heterocycles. The first-order valence-electron chi connectivity index (χ1n) is 5.80. The molecule has 0 radical (unpaired) electrons. The third-order valence-corrected chi connectivity index (χ3v) is 2.81. The fraction of sp³-hybridized carbons (Fsp3) is 0.214. The summed E-state index contributed by atoms with van der Waals surface area (Å²) in [5, 5.41) is 0. The summed E-state index contributed by atoms with van der Waals surface area (Å²) in [6, 6.07) is 8.81. The maximum absolute atomic E-state index is 13.9. The van der Waals surface area contributed by atoms with Crippen LogP contribution in [0.25, 0.3) is 0 Å². The predicted molar refractivity (Wildman–Crippen MR) is 70.6 cm³/mol. The summed E-state index contributed by atoms with van der Waals surface area (Å²) >= 11 is 0. The number of nitrogens with two attached hydrogens (primary N) is 1. The van der Waals surface area contributed by atoms with E-state index in [1.54, 1.807) is 18.5 Å². The molecule has 0 atom stereocenters. The van der Waals surface area contributed by atoms with Gasteiger partial charge in [0.05, 0.1) is 5.69 Å². The number of nitrogens with zero attached hydrogens (tertiary/aromatic N) is 2. The van der Waals surface area contributed by atoms with E-state index in [0.717, 1.165) is 11.1 Å². The number of benzene rings is 1. The summed E-state index contributed by atoms with van der Waals surface area (Å²) in [6.45, 7) is 0.923. The van der Waals surface area contributed by atoms with Gasteiger partial charge in [0.1, 0.15) is 5.82 Å². The minimum atomic E-state index is -0.246. The van der Waals surface area contributed by atoms with Crippen molar-refractivity contribution in [2.24, 2.45) is 5.73 Å². The van der Waals surface area contributed by atoms with Gasteiger partial charge < -0.3 is 10.6 Å². The van der Waals surface area contributed by atoms with Crippen LogP contribution in [0.2, 0.25) is 0 Å². The standard InChI is InChI=1S/C14H16FN3/c1-18(10-11-4-3-7-17-9-11)14-12(8-16)5-2-6-13(14)15/h2-7,9H,8,10,16H2,1H3. The summed E-state index contributed by atoms with van der Waals surface area (Å²) in [5.41, 5.74) is 8.04. The van der Waals surface area contributed by atoms with E-state index in [9.17, 15) is 4.39 Å². The van der Waals surface area contributed by atoms with E-state index >= 15 is 0 Å². The molecule has 4 heteroatoms. The molecule has 1 aromatic carbocycles. The number of anilines is 1. The number of rotatable bonds is 4. The van der Waals surface area contributed by atoms with Crippen LogP contribution in [0.15, 0.2) is 42.7 Å². The lowest BCUT2D eigenvalue weighted by Crippen LogP contribution is -2.20. The average Bonchev–Trinajstić information content (AvgIpc) is 2.39. The first kappa shape index (κ1) is 12.5. The second-order valence-corrected chi connectivity index (χ2v) is 4.17. The molecule has 0 aliphatic carbocycles. The molecule has 3 nitrogen and oxygen atoms in total. The van der Waals surface area contributed by atoms with Gasteiger partial charge in [0.15, 0.2) is 0 Å². The largest absolute Gasteiger partial charge is 0.368 e. The van der Waals surface area contributed by atoms with Crippen molar-refractivity contribution in [1.29, 1.82) is 0 Å². The molecule has 0 amide bonds. The Morgan fingerprint density at radius 1 is 1.28 bits per heavy atom. The van der Waals surface area contributed by atoms with Crippen LogP contribution in [0, 0.1) is 5.82 Å². The molecule has 0 aliphatic heterocycles. The first-order valence-corrected chi connectivity index (χ1v) is 5.80. The van der Waals surface area contributed by atoms with Crippen molar-refractivity contribution in [1.82, 2.24) is 4.98 Å². The minimum absolute atomic E-state index is 0.246. The summed E-state index contributed by atoms with van der Waals surface area (Å²) in [7, 11) is 1.85. The van der Waals surface area contributed by atoms with E-state index in [0.29, 0.717) is 18.8 Å². The second kappa shape index (κ2) is 5.60. The molecule has 18 heavy (non-hydrogen) atoms. The quantitative estimate of drug-likeness (QED) is 0.898. The molecule has 0 spiro atoms.